The summed E-state index contributed by atoms with van der Waals surface area (Å²) in [5.41, 5.74) is 16.1. The van der Waals surface area contributed by atoms with Gasteiger partial charge in [0.15, 0.2) is 0 Å². The zero-order valence-electron chi connectivity index (χ0n) is 29.6. The average Bonchev–Trinajstić information content (AvgIpc) is 3.64. The second-order valence-corrected chi connectivity index (χ2v) is 14.6. The first-order valence-electron chi connectivity index (χ1n) is 18.2. The molecule has 1 aromatic heterocycles. The molecule has 0 saturated carbocycles. The minimum Gasteiger partial charge on any atom is -0.310 e. The molecule has 1 heterocycles. The number of benzene rings is 8. The summed E-state index contributed by atoms with van der Waals surface area (Å²) in [4.78, 5) is 2.43. The molecule has 0 N–H and O–H groups in total. The average molecular weight is 665 g/mol. The number of hydrogen-bond donors (Lipinski definition) is 0. The first-order valence-corrected chi connectivity index (χ1v) is 18.2. The Hall–Kier alpha value is -6.32. The summed E-state index contributed by atoms with van der Waals surface area (Å²) >= 11 is 0. The Labute approximate surface area is 305 Å². The Kier molecular flexibility index (Phi) is 6.81. The second kappa shape index (κ2) is 11.6. The van der Waals surface area contributed by atoms with Crippen LogP contribution in [-0.4, -0.2) is 12.4 Å². The van der Waals surface area contributed by atoms with Gasteiger partial charge < -0.3 is 9.47 Å². The highest BCUT2D eigenvalue weighted by Gasteiger charge is 2.35. The molecule has 3 heteroatoms. The van der Waals surface area contributed by atoms with Crippen LogP contribution in [0.4, 0.5) is 17.1 Å². The van der Waals surface area contributed by atoms with Crippen LogP contribution < -0.4 is 10.4 Å². The van der Waals surface area contributed by atoms with Gasteiger partial charge in [-0.1, -0.05) is 135 Å². The molecule has 0 atom stereocenters. The van der Waals surface area contributed by atoms with Crippen molar-refractivity contribution in [2.45, 2.75) is 19.3 Å². The summed E-state index contributed by atoms with van der Waals surface area (Å²) in [7, 11) is 2.19. The minimum atomic E-state index is -0.100. The van der Waals surface area contributed by atoms with Gasteiger partial charge in [0.05, 0.1) is 11.0 Å². The molecule has 0 amide bonds. The van der Waals surface area contributed by atoms with Gasteiger partial charge in [-0.25, -0.2) is 0 Å². The Bertz CT molecular complexity index is 2830. The van der Waals surface area contributed by atoms with Gasteiger partial charge in [-0.3, -0.25) is 0 Å². The topological polar surface area (TPSA) is 8.17 Å². The van der Waals surface area contributed by atoms with Crippen LogP contribution in [0.15, 0.2) is 176 Å². The Morgan fingerprint density at radius 1 is 0.442 bits per heavy atom. The first-order chi connectivity index (χ1) is 25.5. The van der Waals surface area contributed by atoms with Gasteiger partial charge in [0.25, 0.3) is 0 Å². The van der Waals surface area contributed by atoms with Gasteiger partial charge in [0.1, 0.15) is 7.85 Å². The molecule has 0 radical (unpaired) electrons. The summed E-state index contributed by atoms with van der Waals surface area (Å²) in [5.74, 6) is 0. The summed E-state index contributed by atoms with van der Waals surface area (Å²) < 4.78 is 2.38. The fourth-order valence-electron chi connectivity index (χ4n) is 8.74. The normalized spacial score (nSPS) is 13.0. The number of anilines is 3. The monoisotopic (exact) mass is 664 g/mol. The lowest BCUT2D eigenvalue weighted by Gasteiger charge is -2.28. The Balaban J connectivity index is 1.17. The smallest absolute Gasteiger partial charge is 0.140 e. The van der Waals surface area contributed by atoms with Crippen molar-refractivity contribution >= 4 is 62.9 Å². The quantitative estimate of drug-likeness (QED) is 0.166. The Morgan fingerprint density at radius 3 is 1.92 bits per heavy atom. The molecular formula is C49H37BN2. The van der Waals surface area contributed by atoms with Crippen LogP contribution >= 0.6 is 0 Å². The molecule has 0 fully saturated rings. The largest absolute Gasteiger partial charge is 0.310 e. The van der Waals surface area contributed by atoms with Crippen molar-refractivity contribution in [1.82, 2.24) is 4.57 Å². The van der Waals surface area contributed by atoms with E-state index in [4.69, 9.17) is 0 Å². The van der Waals surface area contributed by atoms with E-state index in [1.165, 1.54) is 71.4 Å². The van der Waals surface area contributed by atoms with Crippen LogP contribution in [0.5, 0.6) is 0 Å². The standard InChI is InChI=1S/C49H37BN2/c1-49(2)44-19-8-6-14-39(44)40-28-26-36(31-45(40)49)51(34-24-22-32(23-25-34)37-16-10-18-41-38(37)17-11-20-46(41)50)35-27-29-48-43(30-35)42-15-7-9-21-47(42)52(48)33-12-4-3-5-13-33/h3-31H,50H2,1-2H3. The highest BCUT2D eigenvalue weighted by Crippen LogP contribution is 2.51. The lowest BCUT2D eigenvalue weighted by molar-refractivity contribution is 0.660. The van der Waals surface area contributed by atoms with Gasteiger partial charge in [-0.2, -0.15) is 0 Å². The van der Waals surface area contributed by atoms with Crippen molar-refractivity contribution in [3.63, 3.8) is 0 Å². The lowest BCUT2D eigenvalue weighted by Crippen LogP contribution is -2.16. The van der Waals surface area contributed by atoms with E-state index in [9.17, 15) is 0 Å². The van der Waals surface area contributed by atoms with Crippen LogP contribution in [0.25, 0.3) is 60.5 Å². The van der Waals surface area contributed by atoms with Crippen molar-refractivity contribution in [2.75, 3.05) is 4.90 Å². The van der Waals surface area contributed by atoms with Crippen LogP contribution in [0.3, 0.4) is 0 Å². The molecule has 9 aromatic rings. The molecule has 0 spiro atoms. The van der Waals surface area contributed by atoms with Gasteiger partial charge in [0.2, 0.25) is 0 Å². The molecule has 10 rings (SSSR count). The van der Waals surface area contributed by atoms with Crippen molar-refractivity contribution in [3.8, 4) is 27.9 Å². The molecule has 52 heavy (non-hydrogen) atoms. The molecule has 0 unspecified atom stereocenters. The molecular weight excluding hydrogens is 627 g/mol. The van der Waals surface area contributed by atoms with E-state index in [2.05, 4.69) is 207 Å². The lowest BCUT2D eigenvalue weighted by atomic mass is 9.82. The number of rotatable bonds is 5. The molecule has 0 bridgehead atoms. The van der Waals surface area contributed by atoms with E-state index in [1.807, 2.05) is 0 Å². The maximum atomic E-state index is 2.43. The van der Waals surface area contributed by atoms with Crippen molar-refractivity contribution < 1.29 is 0 Å². The van der Waals surface area contributed by atoms with Crippen LogP contribution in [-0.2, 0) is 5.41 Å². The third kappa shape index (κ3) is 4.59. The van der Waals surface area contributed by atoms with Crippen molar-refractivity contribution in [2.24, 2.45) is 0 Å². The van der Waals surface area contributed by atoms with Crippen LogP contribution in [0, 0.1) is 0 Å². The highest BCUT2D eigenvalue weighted by molar-refractivity contribution is 6.39. The zero-order valence-corrected chi connectivity index (χ0v) is 29.6. The summed E-state index contributed by atoms with van der Waals surface area (Å²) in [6, 6.07) is 64.7. The van der Waals surface area contributed by atoms with Gasteiger partial charge in [0, 0.05) is 38.9 Å². The van der Waals surface area contributed by atoms with Crippen LogP contribution in [0.1, 0.15) is 25.0 Å². The van der Waals surface area contributed by atoms with E-state index in [1.54, 1.807) is 0 Å². The van der Waals surface area contributed by atoms with E-state index in [0.717, 1.165) is 22.7 Å². The van der Waals surface area contributed by atoms with Gasteiger partial charge in [-0.05, 0) is 105 Å². The van der Waals surface area contributed by atoms with E-state index in [-0.39, 0.29) is 5.41 Å². The summed E-state index contributed by atoms with van der Waals surface area (Å²) in [6.45, 7) is 4.72. The molecule has 2 nitrogen and oxygen atoms in total. The van der Waals surface area contributed by atoms with Crippen molar-refractivity contribution in [3.05, 3.63) is 187 Å². The number of nitrogens with zero attached hydrogens (tertiary/aromatic N) is 2. The predicted octanol–water partition coefficient (Wildman–Crippen LogP) is 11.6. The third-order valence-electron chi connectivity index (χ3n) is 11.3. The fraction of sp³-hybridized carbons (Fsp3) is 0.0612. The van der Waals surface area contributed by atoms with Crippen LogP contribution in [0.2, 0.25) is 0 Å². The van der Waals surface area contributed by atoms with Gasteiger partial charge >= 0.3 is 0 Å². The molecule has 1 aliphatic rings. The summed E-state index contributed by atoms with van der Waals surface area (Å²) in [5, 5.41) is 5.07. The van der Waals surface area contributed by atoms with Gasteiger partial charge in [-0.15, -0.1) is 0 Å². The van der Waals surface area contributed by atoms with E-state index < -0.39 is 0 Å². The summed E-state index contributed by atoms with van der Waals surface area (Å²) in [6.07, 6.45) is 0. The molecule has 0 aliphatic heterocycles. The number of hydrogen-bond acceptors (Lipinski definition) is 1. The second-order valence-electron chi connectivity index (χ2n) is 14.6. The minimum absolute atomic E-state index is 0.100. The maximum Gasteiger partial charge on any atom is 0.140 e. The van der Waals surface area contributed by atoms with Crippen molar-refractivity contribution in [1.29, 1.82) is 0 Å². The highest BCUT2D eigenvalue weighted by atomic mass is 15.1. The number of aromatic nitrogens is 1. The molecule has 8 aromatic carbocycles. The molecule has 246 valence electrons. The first kappa shape index (κ1) is 30.5. The fourth-order valence-corrected chi connectivity index (χ4v) is 8.74. The number of para-hydroxylation sites is 2. The molecule has 0 saturated heterocycles. The van der Waals surface area contributed by atoms with E-state index in [0.29, 0.717) is 0 Å². The maximum absolute atomic E-state index is 2.43. The SMILES string of the molecule is Bc1cccc2c(-c3ccc(N(c4ccc5c(c4)C(C)(C)c4ccccc4-5)c4ccc5c(c4)c4ccccc4n5-c4ccccc4)cc3)cccc12. The third-order valence-corrected chi connectivity index (χ3v) is 11.3. The van der Waals surface area contributed by atoms with E-state index >= 15 is 0 Å². The molecule has 1 aliphatic carbocycles. The number of fused-ring (bicyclic) bond motifs is 7. The Morgan fingerprint density at radius 2 is 1.06 bits per heavy atom. The zero-order chi connectivity index (χ0) is 35.0. The predicted molar refractivity (Wildman–Crippen MR) is 224 cm³/mol.